The van der Waals surface area contributed by atoms with Gasteiger partial charge in [0.2, 0.25) is 5.91 Å². The predicted octanol–water partition coefficient (Wildman–Crippen LogP) is 4.03. The van der Waals surface area contributed by atoms with Crippen LogP contribution in [0.4, 0.5) is 18.9 Å². The van der Waals surface area contributed by atoms with Crippen LogP contribution in [0.2, 0.25) is 0 Å². The molecule has 2 atom stereocenters. The number of anilines is 1. The summed E-state index contributed by atoms with van der Waals surface area (Å²) in [5, 5.41) is 2.78. The van der Waals surface area contributed by atoms with Crippen LogP contribution in [-0.2, 0) is 4.79 Å². The molecular weight excluding hydrogens is 345 g/mol. The van der Waals surface area contributed by atoms with E-state index in [0.29, 0.717) is 11.8 Å². The van der Waals surface area contributed by atoms with Crippen molar-refractivity contribution in [1.82, 2.24) is 0 Å². The summed E-state index contributed by atoms with van der Waals surface area (Å²) in [5.74, 6) is 0.453. The minimum Gasteiger partial charge on any atom is -0.482 e. The number of fused-ring (bicyclic) bond motifs is 2. The number of nitrogens with two attached hydrogens (primary N) is 1. The standard InChI is InChI=1S/C19H25F3N2O2/c1-11-5-6-15(16(7-11)26-10-19(20,21)22)24-18(25)14-8-12-3-2-4-13(9-14)17(12)23/h5-7,12-14,17H,2-4,8-10,23H2,1H3,(H,24,25). The predicted molar refractivity (Wildman–Crippen MR) is 92.9 cm³/mol. The molecule has 2 unspecified atom stereocenters. The lowest BCUT2D eigenvalue weighted by Crippen LogP contribution is -2.48. The Hall–Kier alpha value is -1.76. The number of carbonyl (C=O) groups is 1. The van der Waals surface area contributed by atoms with Crippen molar-refractivity contribution in [2.75, 3.05) is 11.9 Å². The molecule has 2 aliphatic rings. The van der Waals surface area contributed by atoms with Gasteiger partial charge in [0.05, 0.1) is 5.69 Å². The summed E-state index contributed by atoms with van der Waals surface area (Å²) in [6.45, 7) is 0.373. The van der Waals surface area contributed by atoms with Crippen molar-refractivity contribution in [3.8, 4) is 5.75 Å². The third-order valence-electron chi connectivity index (χ3n) is 5.57. The number of nitrogens with one attached hydrogen (secondary N) is 1. The van der Waals surface area contributed by atoms with Crippen LogP contribution in [0.15, 0.2) is 18.2 Å². The quantitative estimate of drug-likeness (QED) is 0.841. The Morgan fingerprint density at radius 3 is 2.54 bits per heavy atom. The van der Waals surface area contributed by atoms with Gasteiger partial charge in [-0.15, -0.1) is 0 Å². The Bertz CT molecular complexity index is 649. The summed E-state index contributed by atoms with van der Waals surface area (Å²) in [4.78, 5) is 12.7. The molecule has 2 fully saturated rings. The third kappa shape index (κ3) is 4.50. The first kappa shape index (κ1) is 19.0. The number of hydrogen-bond donors (Lipinski definition) is 2. The first-order chi connectivity index (χ1) is 12.2. The van der Waals surface area contributed by atoms with Gasteiger partial charge in [-0.2, -0.15) is 13.2 Å². The molecule has 1 amide bonds. The van der Waals surface area contributed by atoms with E-state index in [-0.39, 0.29) is 29.3 Å². The van der Waals surface area contributed by atoms with Gasteiger partial charge in [0.25, 0.3) is 0 Å². The molecule has 1 aromatic carbocycles. The zero-order valence-electron chi connectivity index (χ0n) is 14.8. The molecule has 1 aromatic rings. The van der Waals surface area contributed by atoms with Crippen LogP contribution in [0.25, 0.3) is 0 Å². The molecule has 3 rings (SSSR count). The summed E-state index contributed by atoms with van der Waals surface area (Å²) in [7, 11) is 0. The molecule has 0 heterocycles. The van der Waals surface area contributed by atoms with Gasteiger partial charge in [0.1, 0.15) is 5.75 Å². The fraction of sp³-hybridized carbons (Fsp3) is 0.632. The van der Waals surface area contributed by atoms with Crippen molar-refractivity contribution in [3.05, 3.63) is 23.8 Å². The molecule has 26 heavy (non-hydrogen) atoms. The van der Waals surface area contributed by atoms with Crippen LogP contribution in [0, 0.1) is 24.7 Å². The monoisotopic (exact) mass is 370 g/mol. The van der Waals surface area contributed by atoms with Crippen molar-refractivity contribution in [1.29, 1.82) is 0 Å². The van der Waals surface area contributed by atoms with Crippen LogP contribution < -0.4 is 15.8 Å². The van der Waals surface area contributed by atoms with Crippen molar-refractivity contribution >= 4 is 11.6 Å². The molecular formula is C19H25F3N2O2. The number of halogens is 3. The van der Waals surface area contributed by atoms with Crippen LogP contribution in [-0.4, -0.2) is 24.7 Å². The molecule has 2 bridgehead atoms. The molecule has 7 heteroatoms. The van der Waals surface area contributed by atoms with E-state index in [4.69, 9.17) is 10.5 Å². The lowest BCUT2D eigenvalue weighted by Gasteiger charge is -2.43. The molecule has 3 N–H and O–H groups in total. The van der Waals surface area contributed by atoms with E-state index in [1.54, 1.807) is 19.1 Å². The summed E-state index contributed by atoms with van der Waals surface area (Å²) in [6, 6.07) is 5.00. The first-order valence-corrected chi connectivity index (χ1v) is 9.09. The van der Waals surface area contributed by atoms with Gasteiger partial charge in [-0.1, -0.05) is 12.5 Å². The van der Waals surface area contributed by atoms with Crippen molar-refractivity contribution in [3.63, 3.8) is 0 Å². The maximum Gasteiger partial charge on any atom is 0.422 e. The molecule has 0 radical (unpaired) electrons. The highest BCUT2D eigenvalue weighted by Gasteiger charge is 2.40. The molecule has 4 nitrogen and oxygen atoms in total. The lowest BCUT2D eigenvalue weighted by atomic mass is 9.65. The number of amides is 1. The number of aryl methyl sites for hydroxylation is 1. The van der Waals surface area contributed by atoms with Gasteiger partial charge in [-0.05, 0) is 62.1 Å². The zero-order chi connectivity index (χ0) is 18.9. The number of alkyl halides is 3. The van der Waals surface area contributed by atoms with Crippen molar-refractivity contribution in [2.45, 2.75) is 51.2 Å². The second-order valence-electron chi connectivity index (χ2n) is 7.59. The normalized spacial score (nSPS) is 28.5. The van der Waals surface area contributed by atoms with E-state index in [1.165, 1.54) is 6.07 Å². The largest absolute Gasteiger partial charge is 0.482 e. The van der Waals surface area contributed by atoms with E-state index >= 15 is 0 Å². The van der Waals surface area contributed by atoms with Gasteiger partial charge in [-0.3, -0.25) is 4.79 Å². The number of ether oxygens (including phenoxy) is 1. The topological polar surface area (TPSA) is 64.4 Å². The minimum atomic E-state index is -4.43. The Kier molecular flexibility index (Phi) is 5.46. The fourth-order valence-corrected chi connectivity index (χ4v) is 4.25. The summed E-state index contributed by atoms with van der Waals surface area (Å²) < 4.78 is 42.3. The lowest BCUT2D eigenvalue weighted by molar-refractivity contribution is -0.153. The van der Waals surface area contributed by atoms with Gasteiger partial charge < -0.3 is 15.8 Å². The average molecular weight is 370 g/mol. The van der Waals surface area contributed by atoms with Gasteiger partial charge in [0.15, 0.2) is 6.61 Å². The number of benzene rings is 1. The maximum atomic E-state index is 12.7. The van der Waals surface area contributed by atoms with Crippen LogP contribution in [0.5, 0.6) is 5.75 Å². The van der Waals surface area contributed by atoms with Crippen molar-refractivity contribution in [2.24, 2.45) is 23.5 Å². The summed E-state index contributed by atoms with van der Waals surface area (Å²) >= 11 is 0. The Labute approximate surface area is 151 Å². The number of carbonyl (C=O) groups excluding carboxylic acids is 1. The molecule has 0 saturated heterocycles. The molecule has 0 spiro atoms. The molecule has 144 valence electrons. The number of rotatable bonds is 4. The zero-order valence-corrected chi connectivity index (χ0v) is 14.8. The molecule has 2 saturated carbocycles. The highest BCUT2D eigenvalue weighted by atomic mass is 19.4. The van der Waals surface area contributed by atoms with Crippen LogP contribution >= 0.6 is 0 Å². The second kappa shape index (κ2) is 7.47. The Morgan fingerprint density at radius 1 is 1.27 bits per heavy atom. The highest BCUT2D eigenvalue weighted by molar-refractivity contribution is 5.94. The Balaban J connectivity index is 1.69. The third-order valence-corrected chi connectivity index (χ3v) is 5.57. The molecule has 2 aliphatic carbocycles. The smallest absolute Gasteiger partial charge is 0.422 e. The van der Waals surface area contributed by atoms with Crippen LogP contribution in [0.1, 0.15) is 37.7 Å². The maximum absolute atomic E-state index is 12.7. The van der Waals surface area contributed by atoms with E-state index in [9.17, 15) is 18.0 Å². The van der Waals surface area contributed by atoms with Gasteiger partial charge in [0, 0.05) is 12.0 Å². The minimum absolute atomic E-state index is 0.0448. The summed E-state index contributed by atoms with van der Waals surface area (Å²) in [5.41, 5.74) is 7.31. The number of hydrogen-bond acceptors (Lipinski definition) is 3. The SMILES string of the molecule is Cc1ccc(NC(=O)C2CC3CCCC(C2)C3N)c(OCC(F)(F)F)c1. The Morgan fingerprint density at radius 2 is 1.92 bits per heavy atom. The van der Waals surface area contributed by atoms with E-state index in [2.05, 4.69) is 5.32 Å². The fourth-order valence-electron chi connectivity index (χ4n) is 4.25. The molecule has 0 aliphatic heterocycles. The molecule has 0 aromatic heterocycles. The second-order valence-corrected chi connectivity index (χ2v) is 7.59. The van der Waals surface area contributed by atoms with E-state index in [0.717, 1.165) is 37.7 Å². The van der Waals surface area contributed by atoms with Gasteiger partial charge in [-0.25, -0.2) is 0 Å². The van der Waals surface area contributed by atoms with Crippen LogP contribution in [0.3, 0.4) is 0 Å². The first-order valence-electron chi connectivity index (χ1n) is 9.09. The van der Waals surface area contributed by atoms with Crippen molar-refractivity contribution < 1.29 is 22.7 Å². The average Bonchev–Trinajstić information content (AvgIpc) is 2.54. The van der Waals surface area contributed by atoms with E-state index in [1.807, 2.05) is 0 Å². The van der Waals surface area contributed by atoms with Gasteiger partial charge >= 0.3 is 6.18 Å². The van der Waals surface area contributed by atoms with E-state index < -0.39 is 12.8 Å². The summed E-state index contributed by atoms with van der Waals surface area (Å²) in [6.07, 6.45) is 0.312. The highest BCUT2D eigenvalue weighted by Crippen LogP contribution is 2.42.